The summed E-state index contributed by atoms with van der Waals surface area (Å²) in [4.78, 5) is 13.6. The Bertz CT molecular complexity index is 1020. The van der Waals surface area contributed by atoms with Crippen LogP contribution in [0, 0.1) is 0 Å². The lowest BCUT2D eigenvalue weighted by molar-refractivity contribution is -0.148. The van der Waals surface area contributed by atoms with Crippen LogP contribution in [0.1, 0.15) is 23.6 Å². The highest BCUT2D eigenvalue weighted by Crippen LogP contribution is 2.37. The van der Waals surface area contributed by atoms with Crippen LogP contribution in [0.5, 0.6) is 5.75 Å². The van der Waals surface area contributed by atoms with E-state index in [4.69, 9.17) is 14.6 Å². The standard InChI is InChI=1S/C27H29NO4/c1-19(18-32-23-15-11-20(12-16-23)17-26(31-2)27(29)30)28-24-9-5-3-7-21(24)13-14-22-8-4-6-10-25(22)28/h3-12,15-16,19,26H,13-14,17-18H2,1-2H3,(H,29,30). The summed E-state index contributed by atoms with van der Waals surface area (Å²) in [5, 5.41) is 9.16. The van der Waals surface area contributed by atoms with Gasteiger partial charge in [-0.25, -0.2) is 4.79 Å². The van der Waals surface area contributed by atoms with Crippen LogP contribution in [0.3, 0.4) is 0 Å². The fraction of sp³-hybridized carbons (Fsp3) is 0.296. The Morgan fingerprint density at radius 2 is 1.50 bits per heavy atom. The van der Waals surface area contributed by atoms with Gasteiger partial charge in [0.1, 0.15) is 12.4 Å². The van der Waals surface area contributed by atoms with Crippen molar-refractivity contribution in [3.63, 3.8) is 0 Å². The first-order valence-electron chi connectivity index (χ1n) is 11.0. The molecular formula is C27H29NO4. The average Bonchev–Trinajstić information content (AvgIpc) is 2.98. The average molecular weight is 432 g/mol. The third-order valence-electron chi connectivity index (χ3n) is 6.00. The number of anilines is 2. The smallest absolute Gasteiger partial charge is 0.333 e. The van der Waals surface area contributed by atoms with Crippen LogP contribution >= 0.6 is 0 Å². The fourth-order valence-corrected chi connectivity index (χ4v) is 4.29. The molecule has 5 heteroatoms. The first kappa shape index (κ1) is 21.9. The summed E-state index contributed by atoms with van der Waals surface area (Å²) in [6, 6.07) is 24.9. The number of nitrogens with zero attached hydrogens (tertiary/aromatic N) is 1. The molecule has 166 valence electrons. The van der Waals surface area contributed by atoms with Crippen molar-refractivity contribution in [1.29, 1.82) is 0 Å². The number of hydrogen-bond acceptors (Lipinski definition) is 4. The Balaban J connectivity index is 1.49. The summed E-state index contributed by atoms with van der Waals surface area (Å²) in [6.45, 7) is 2.71. The lowest BCUT2D eigenvalue weighted by Crippen LogP contribution is -2.34. The molecule has 0 radical (unpaired) electrons. The maximum Gasteiger partial charge on any atom is 0.333 e. The highest BCUT2D eigenvalue weighted by molar-refractivity contribution is 5.73. The van der Waals surface area contributed by atoms with Crippen LogP contribution < -0.4 is 9.64 Å². The minimum Gasteiger partial charge on any atom is -0.491 e. The van der Waals surface area contributed by atoms with E-state index in [1.54, 1.807) is 0 Å². The Morgan fingerprint density at radius 1 is 0.938 bits per heavy atom. The van der Waals surface area contributed by atoms with Gasteiger partial charge in [0.15, 0.2) is 6.10 Å². The molecule has 3 aromatic rings. The number of benzene rings is 3. The van der Waals surface area contributed by atoms with Crippen molar-refractivity contribution in [2.75, 3.05) is 18.6 Å². The molecule has 5 nitrogen and oxygen atoms in total. The van der Waals surface area contributed by atoms with Gasteiger partial charge in [-0.1, -0.05) is 48.5 Å². The molecule has 0 aromatic heterocycles. The van der Waals surface area contributed by atoms with Gasteiger partial charge in [0.2, 0.25) is 0 Å². The van der Waals surface area contributed by atoms with E-state index in [-0.39, 0.29) is 6.04 Å². The number of ether oxygens (including phenoxy) is 2. The molecule has 32 heavy (non-hydrogen) atoms. The molecule has 1 aliphatic heterocycles. The van der Waals surface area contributed by atoms with E-state index < -0.39 is 12.1 Å². The van der Waals surface area contributed by atoms with Crippen LogP contribution in [0.15, 0.2) is 72.8 Å². The normalized spacial score (nSPS) is 14.6. The number of hydrogen-bond donors (Lipinski definition) is 1. The zero-order valence-corrected chi connectivity index (χ0v) is 18.5. The van der Waals surface area contributed by atoms with Gasteiger partial charge in [0, 0.05) is 24.9 Å². The zero-order valence-electron chi connectivity index (χ0n) is 18.5. The van der Waals surface area contributed by atoms with Gasteiger partial charge in [0.25, 0.3) is 0 Å². The molecule has 0 spiro atoms. The van der Waals surface area contributed by atoms with Gasteiger partial charge in [-0.3, -0.25) is 0 Å². The van der Waals surface area contributed by atoms with E-state index >= 15 is 0 Å². The number of rotatable bonds is 8. The third kappa shape index (κ3) is 4.78. The second kappa shape index (κ2) is 9.88. The molecule has 0 bridgehead atoms. The molecule has 1 N–H and O–H groups in total. The summed E-state index contributed by atoms with van der Waals surface area (Å²) < 4.78 is 11.2. The zero-order chi connectivity index (χ0) is 22.5. The first-order chi connectivity index (χ1) is 15.6. The fourth-order valence-electron chi connectivity index (χ4n) is 4.29. The lowest BCUT2D eigenvalue weighted by Gasteiger charge is -2.33. The molecule has 1 aliphatic rings. The molecule has 0 fully saturated rings. The van der Waals surface area contributed by atoms with Crippen molar-refractivity contribution < 1.29 is 19.4 Å². The number of carboxylic acid groups (broad SMARTS) is 1. The molecule has 0 saturated carbocycles. The van der Waals surface area contributed by atoms with E-state index in [1.807, 2.05) is 24.3 Å². The predicted octanol–water partition coefficient (Wildman–Crippen LogP) is 5.03. The number of para-hydroxylation sites is 2. The molecule has 1 heterocycles. The number of carboxylic acids is 1. The maximum absolute atomic E-state index is 11.2. The Kier molecular flexibility index (Phi) is 6.76. The highest BCUT2D eigenvalue weighted by atomic mass is 16.5. The van der Waals surface area contributed by atoms with E-state index in [2.05, 4.69) is 60.4 Å². The lowest BCUT2D eigenvalue weighted by atomic mass is 10.0. The molecule has 0 aliphatic carbocycles. The quantitative estimate of drug-likeness (QED) is 0.542. The Morgan fingerprint density at radius 3 is 2.03 bits per heavy atom. The minimum absolute atomic E-state index is 0.125. The van der Waals surface area contributed by atoms with E-state index in [0.29, 0.717) is 13.0 Å². The van der Waals surface area contributed by atoms with Gasteiger partial charge in [-0.05, 0) is 60.7 Å². The minimum atomic E-state index is -0.959. The van der Waals surface area contributed by atoms with Gasteiger partial charge < -0.3 is 19.5 Å². The largest absolute Gasteiger partial charge is 0.491 e. The number of carbonyl (C=O) groups is 1. The monoisotopic (exact) mass is 431 g/mol. The van der Waals surface area contributed by atoms with Crippen molar-refractivity contribution in [1.82, 2.24) is 0 Å². The molecule has 3 aromatic carbocycles. The number of aliphatic carboxylic acids is 1. The van der Waals surface area contributed by atoms with Gasteiger partial charge in [0.05, 0.1) is 6.04 Å². The van der Waals surface area contributed by atoms with E-state index in [9.17, 15) is 4.79 Å². The molecule has 0 saturated heterocycles. The van der Waals surface area contributed by atoms with Crippen molar-refractivity contribution in [2.24, 2.45) is 0 Å². The van der Waals surface area contributed by atoms with Crippen LogP contribution in [0.2, 0.25) is 0 Å². The Labute approximate surface area is 189 Å². The molecule has 2 unspecified atom stereocenters. The second-order valence-corrected chi connectivity index (χ2v) is 8.20. The second-order valence-electron chi connectivity index (χ2n) is 8.20. The van der Waals surface area contributed by atoms with Crippen LogP contribution in [0.25, 0.3) is 0 Å². The van der Waals surface area contributed by atoms with Crippen molar-refractivity contribution in [3.05, 3.63) is 89.5 Å². The number of methoxy groups -OCH3 is 1. The topological polar surface area (TPSA) is 59.0 Å². The summed E-state index contributed by atoms with van der Waals surface area (Å²) in [5.74, 6) is -0.194. The maximum atomic E-state index is 11.2. The summed E-state index contributed by atoms with van der Waals surface area (Å²) in [5.41, 5.74) is 6.08. The number of fused-ring (bicyclic) bond motifs is 2. The summed E-state index contributed by atoms with van der Waals surface area (Å²) in [7, 11) is 1.41. The predicted molar refractivity (Wildman–Crippen MR) is 126 cm³/mol. The molecule has 2 atom stereocenters. The van der Waals surface area contributed by atoms with Crippen LogP contribution in [-0.4, -0.2) is 36.9 Å². The summed E-state index contributed by atoms with van der Waals surface area (Å²) in [6.07, 6.45) is 1.53. The van der Waals surface area contributed by atoms with Gasteiger partial charge in [-0.15, -0.1) is 0 Å². The van der Waals surface area contributed by atoms with E-state index in [1.165, 1.54) is 29.6 Å². The molecule has 0 amide bonds. The van der Waals surface area contributed by atoms with Crippen LogP contribution in [0.4, 0.5) is 11.4 Å². The SMILES string of the molecule is COC(Cc1ccc(OCC(C)N2c3ccccc3CCc3ccccc32)cc1)C(=O)O. The first-order valence-corrected chi connectivity index (χ1v) is 11.0. The summed E-state index contributed by atoms with van der Waals surface area (Å²) >= 11 is 0. The highest BCUT2D eigenvalue weighted by Gasteiger charge is 2.24. The van der Waals surface area contributed by atoms with Crippen LogP contribution in [-0.2, 0) is 28.8 Å². The van der Waals surface area contributed by atoms with Crippen molar-refractivity contribution in [3.8, 4) is 5.75 Å². The van der Waals surface area contributed by atoms with Gasteiger partial charge >= 0.3 is 5.97 Å². The van der Waals surface area contributed by atoms with E-state index in [0.717, 1.165) is 24.2 Å². The molecule has 4 rings (SSSR count). The van der Waals surface area contributed by atoms with Crippen molar-refractivity contribution in [2.45, 2.75) is 38.3 Å². The Hall–Kier alpha value is -3.31. The number of aryl methyl sites for hydroxylation is 2. The molecular weight excluding hydrogens is 402 g/mol. The van der Waals surface area contributed by atoms with Gasteiger partial charge in [-0.2, -0.15) is 0 Å². The van der Waals surface area contributed by atoms with Crippen molar-refractivity contribution >= 4 is 17.3 Å². The third-order valence-corrected chi connectivity index (χ3v) is 6.00.